The van der Waals surface area contributed by atoms with Gasteiger partial charge in [0, 0.05) is 0 Å². The van der Waals surface area contributed by atoms with Gasteiger partial charge in [0.2, 0.25) is 0 Å². The van der Waals surface area contributed by atoms with Crippen molar-refractivity contribution in [3.8, 4) is 0 Å². The minimum absolute atomic E-state index is 0.898. The average Bonchev–Trinajstić information content (AvgIpc) is 2.33. The molecule has 0 heterocycles. The molecule has 9 heavy (non-hydrogen) atoms. The molecule has 0 bridgehead atoms. The molecule has 0 aromatic carbocycles. The van der Waals surface area contributed by atoms with Gasteiger partial charge in [0.1, 0.15) is 0 Å². The van der Waals surface area contributed by atoms with Crippen LogP contribution in [0.5, 0.6) is 0 Å². The van der Waals surface area contributed by atoms with Crippen LogP contribution in [-0.4, -0.2) is 0 Å². The van der Waals surface area contributed by atoms with E-state index in [1.807, 2.05) is 0 Å². The van der Waals surface area contributed by atoms with Gasteiger partial charge in [0.05, 0.1) is 0 Å². The lowest BCUT2D eigenvalue weighted by atomic mass is 9.91. The fourth-order valence-electron chi connectivity index (χ4n) is 1.70. The molecule has 2 atom stereocenters. The first-order valence-corrected chi connectivity index (χ1v) is 4.05. The Bertz CT molecular complexity index is 103. The molecule has 0 N–H and O–H groups in total. The number of allylic oxidation sites excluding steroid dienone is 2. The molecule has 0 amide bonds. The van der Waals surface area contributed by atoms with Gasteiger partial charge in [0.25, 0.3) is 0 Å². The van der Waals surface area contributed by atoms with Gasteiger partial charge >= 0.3 is 0 Å². The summed E-state index contributed by atoms with van der Waals surface area (Å²) in [7, 11) is 0. The monoisotopic (exact) mass is 124 g/mol. The van der Waals surface area contributed by atoms with Crippen molar-refractivity contribution in [1.82, 2.24) is 0 Å². The number of rotatable bonds is 2. The Balaban J connectivity index is 2.39. The number of hydrogen-bond acceptors (Lipinski definition) is 0. The summed E-state index contributed by atoms with van der Waals surface area (Å²) >= 11 is 0. The molecule has 1 aliphatic rings. The van der Waals surface area contributed by atoms with E-state index in [-0.39, 0.29) is 0 Å². The maximum absolute atomic E-state index is 2.38. The molecule has 52 valence electrons. The van der Waals surface area contributed by atoms with Crippen LogP contribution in [-0.2, 0) is 0 Å². The second-order valence-electron chi connectivity index (χ2n) is 2.90. The van der Waals surface area contributed by atoms with E-state index < -0.39 is 0 Å². The molecule has 0 aromatic heterocycles. The van der Waals surface area contributed by atoms with Gasteiger partial charge in [-0.2, -0.15) is 0 Å². The highest BCUT2D eigenvalue weighted by Crippen LogP contribution is 2.29. The molecule has 0 spiro atoms. The zero-order valence-electron chi connectivity index (χ0n) is 6.43. The van der Waals surface area contributed by atoms with Crippen LogP contribution in [0.2, 0.25) is 0 Å². The van der Waals surface area contributed by atoms with E-state index >= 15 is 0 Å². The van der Waals surface area contributed by atoms with Gasteiger partial charge < -0.3 is 0 Å². The average molecular weight is 124 g/mol. The van der Waals surface area contributed by atoms with Crippen molar-refractivity contribution < 1.29 is 0 Å². The maximum atomic E-state index is 2.38. The smallest absolute Gasteiger partial charge is 0.0205 e. The van der Waals surface area contributed by atoms with Crippen molar-refractivity contribution in [1.29, 1.82) is 0 Å². The van der Waals surface area contributed by atoms with E-state index in [0.29, 0.717) is 0 Å². The fraction of sp³-hybridized carbons (Fsp3) is 0.778. The van der Waals surface area contributed by atoms with Crippen LogP contribution in [0.15, 0.2) is 12.2 Å². The first-order valence-electron chi connectivity index (χ1n) is 4.05. The minimum atomic E-state index is 0.898. The lowest BCUT2D eigenvalue weighted by molar-refractivity contribution is 0.402. The summed E-state index contributed by atoms with van der Waals surface area (Å²) in [5.41, 5.74) is 0. The molecule has 1 aliphatic carbocycles. The highest BCUT2D eigenvalue weighted by molar-refractivity contribution is 4.99. The van der Waals surface area contributed by atoms with E-state index in [2.05, 4.69) is 26.0 Å². The molecule has 0 heteroatoms. The highest BCUT2D eigenvalue weighted by atomic mass is 14.2. The summed E-state index contributed by atoms with van der Waals surface area (Å²) in [4.78, 5) is 0. The Morgan fingerprint density at radius 1 is 1.33 bits per heavy atom. The molecule has 0 saturated carbocycles. The Kier molecular flexibility index (Phi) is 2.32. The summed E-state index contributed by atoms with van der Waals surface area (Å²) in [5, 5.41) is 0. The SMILES string of the molecule is CC[C@H]1CC=C[C@H]1CC. The molecule has 0 saturated heterocycles. The van der Waals surface area contributed by atoms with Crippen molar-refractivity contribution in [3.63, 3.8) is 0 Å². The summed E-state index contributed by atoms with van der Waals surface area (Å²) in [6.45, 7) is 4.57. The molecular formula is C9H16. The first-order chi connectivity index (χ1) is 4.38. The Morgan fingerprint density at radius 3 is 2.56 bits per heavy atom. The van der Waals surface area contributed by atoms with Crippen LogP contribution in [0.1, 0.15) is 33.1 Å². The minimum Gasteiger partial charge on any atom is -0.0880 e. The van der Waals surface area contributed by atoms with Crippen molar-refractivity contribution in [2.45, 2.75) is 33.1 Å². The van der Waals surface area contributed by atoms with E-state index in [0.717, 1.165) is 11.8 Å². The Hall–Kier alpha value is -0.260. The summed E-state index contributed by atoms with van der Waals surface area (Å²) in [6.07, 6.45) is 8.73. The third-order valence-corrected chi connectivity index (χ3v) is 2.42. The lowest BCUT2D eigenvalue weighted by Gasteiger charge is -2.14. The standard InChI is InChI=1S/C9H16/c1-3-8-6-5-7-9(8)4-2/h5-6,8-9H,3-4,7H2,1-2H3/t8-,9+/m1/s1. The lowest BCUT2D eigenvalue weighted by Crippen LogP contribution is -2.04. The zero-order valence-corrected chi connectivity index (χ0v) is 6.43. The second kappa shape index (κ2) is 3.05. The molecule has 0 aliphatic heterocycles. The third-order valence-electron chi connectivity index (χ3n) is 2.42. The largest absolute Gasteiger partial charge is 0.0880 e. The molecule has 0 unspecified atom stereocenters. The molecular weight excluding hydrogens is 108 g/mol. The summed E-state index contributed by atoms with van der Waals surface area (Å²) in [5.74, 6) is 1.87. The van der Waals surface area contributed by atoms with Gasteiger partial charge in [-0.15, -0.1) is 0 Å². The summed E-state index contributed by atoms with van der Waals surface area (Å²) in [6, 6.07) is 0. The maximum Gasteiger partial charge on any atom is -0.0205 e. The van der Waals surface area contributed by atoms with Crippen LogP contribution < -0.4 is 0 Å². The van der Waals surface area contributed by atoms with E-state index in [4.69, 9.17) is 0 Å². The van der Waals surface area contributed by atoms with Gasteiger partial charge in [-0.05, 0) is 24.7 Å². The predicted molar refractivity (Wildman–Crippen MR) is 41.3 cm³/mol. The zero-order chi connectivity index (χ0) is 6.69. The molecule has 0 fully saturated rings. The van der Waals surface area contributed by atoms with Crippen LogP contribution in [0, 0.1) is 11.8 Å². The van der Waals surface area contributed by atoms with Gasteiger partial charge in [-0.1, -0.05) is 32.4 Å². The number of hydrogen-bond donors (Lipinski definition) is 0. The highest BCUT2D eigenvalue weighted by Gasteiger charge is 2.18. The first kappa shape index (κ1) is 6.85. The topological polar surface area (TPSA) is 0 Å². The van der Waals surface area contributed by atoms with Crippen LogP contribution in [0.4, 0.5) is 0 Å². The van der Waals surface area contributed by atoms with Crippen molar-refractivity contribution in [3.05, 3.63) is 12.2 Å². The molecule has 1 rings (SSSR count). The van der Waals surface area contributed by atoms with Crippen molar-refractivity contribution >= 4 is 0 Å². The molecule has 0 radical (unpaired) electrons. The van der Waals surface area contributed by atoms with E-state index in [9.17, 15) is 0 Å². The summed E-state index contributed by atoms with van der Waals surface area (Å²) < 4.78 is 0. The quantitative estimate of drug-likeness (QED) is 0.496. The van der Waals surface area contributed by atoms with Gasteiger partial charge in [0.15, 0.2) is 0 Å². The van der Waals surface area contributed by atoms with Crippen molar-refractivity contribution in [2.24, 2.45) is 11.8 Å². The third kappa shape index (κ3) is 1.35. The second-order valence-corrected chi connectivity index (χ2v) is 2.90. The van der Waals surface area contributed by atoms with Crippen LogP contribution >= 0.6 is 0 Å². The van der Waals surface area contributed by atoms with E-state index in [1.54, 1.807) is 0 Å². The van der Waals surface area contributed by atoms with Gasteiger partial charge in [-0.3, -0.25) is 0 Å². The van der Waals surface area contributed by atoms with Crippen LogP contribution in [0.25, 0.3) is 0 Å². The Labute approximate surface area is 58.0 Å². The fourth-order valence-corrected chi connectivity index (χ4v) is 1.70. The molecule has 0 nitrogen and oxygen atoms in total. The predicted octanol–water partition coefficient (Wildman–Crippen LogP) is 3.00. The Morgan fingerprint density at radius 2 is 2.11 bits per heavy atom. The van der Waals surface area contributed by atoms with Crippen molar-refractivity contribution in [2.75, 3.05) is 0 Å². The van der Waals surface area contributed by atoms with E-state index in [1.165, 1.54) is 19.3 Å². The van der Waals surface area contributed by atoms with Crippen LogP contribution in [0.3, 0.4) is 0 Å². The normalized spacial score (nSPS) is 33.6. The van der Waals surface area contributed by atoms with Gasteiger partial charge in [-0.25, -0.2) is 0 Å². The molecule has 0 aromatic rings.